The summed E-state index contributed by atoms with van der Waals surface area (Å²) in [5, 5.41) is 0. The molecule has 0 atom stereocenters. The molecule has 0 aromatic carbocycles. The minimum absolute atomic E-state index is 0.117. The molecular weight excluding hydrogens is 156 g/mol. The number of hydrogen-bond donors (Lipinski definition) is 0. The summed E-state index contributed by atoms with van der Waals surface area (Å²) in [6, 6.07) is 0. The average Bonchev–Trinajstić information content (AvgIpc) is 2.11. The Morgan fingerprint density at radius 1 is 1.42 bits per heavy atom. The summed E-state index contributed by atoms with van der Waals surface area (Å²) in [5.74, 6) is 1.05. The van der Waals surface area contributed by atoms with Crippen LogP contribution in [0.2, 0.25) is 0 Å². The van der Waals surface area contributed by atoms with Crippen LogP contribution in [0.4, 0.5) is 0 Å². The van der Waals surface area contributed by atoms with Gasteiger partial charge in [-0.25, -0.2) is 9.59 Å². The van der Waals surface area contributed by atoms with Crippen LogP contribution in [0.3, 0.4) is 0 Å². The van der Waals surface area contributed by atoms with Gasteiger partial charge in [0.1, 0.15) is 11.5 Å². The maximum absolute atomic E-state index is 10.8. The lowest BCUT2D eigenvalue weighted by atomic mass is 10.1. The fourth-order valence-electron chi connectivity index (χ4n) is 0.870. The average molecular weight is 170 g/mol. The lowest BCUT2D eigenvalue weighted by Crippen LogP contribution is -2.05. The highest BCUT2D eigenvalue weighted by Crippen LogP contribution is 2.07. The number of carbonyl (C=O) groups excluding carboxylic acids is 2. The predicted octanol–water partition coefficient (Wildman–Crippen LogP) is 1.50. The van der Waals surface area contributed by atoms with E-state index in [1.165, 1.54) is 7.11 Å². The van der Waals surface area contributed by atoms with Crippen LogP contribution < -0.4 is 0 Å². The van der Waals surface area contributed by atoms with Gasteiger partial charge in [-0.15, -0.1) is 0 Å². The first-order valence-electron chi connectivity index (χ1n) is 4.08. The van der Waals surface area contributed by atoms with Crippen LogP contribution in [0.5, 0.6) is 0 Å². The topological polar surface area (TPSA) is 43.4 Å². The maximum Gasteiger partial charge on any atom is 0.344 e. The predicted molar refractivity (Wildman–Crippen MR) is 45.4 cm³/mol. The summed E-state index contributed by atoms with van der Waals surface area (Å²) in [6.07, 6.45) is 3.40. The molecular formula is C9H14O3. The van der Waals surface area contributed by atoms with Gasteiger partial charge in [-0.3, -0.25) is 0 Å². The number of methoxy groups -OCH3 is 1. The summed E-state index contributed by atoms with van der Waals surface area (Å²) in [4.78, 5) is 21.1. The number of unbranched alkanes of at least 4 members (excludes halogenated alkanes) is 2. The van der Waals surface area contributed by atoms with Crippen molar-refractivity contribution in [1.82, 2.24) is 0 Å². The van der Waals surface area contributed by atoms with E-state index in [1.807, 2.05) is 0 Å². The Morgan fingerprint density at radius 3 is 2.50 bits per heavy atom. The van der Waals surface area contributed by atoms with Crippen molar-refractivity contribution in [3.05, 3.63) is 5.57 Å². The quantitative estimate of drug-likeness (QED) is 0.272. The van der Waals surface area contributed by atoms with Gasteiger partial charge >= 0.3 is 5.97 Å². The van der Waals surface area contributed by atoms with E-state index in [-0.39, 0.29) is 5.57 Å². The van der Waals surface area contributed by atoms with Gasteiger partial charge in [0.25, 0.3) is 0 Å². The lowest BCUT2D eigenvalue weighted by molar-refractivity contribution is -0.136. The zero-order valence-electron chi connectivity index (χ0n) is 7.55. The molecule has 0 saturated carbocycles. The molecule has 0 saturated heterocycles. The zero-order chi connectivity index (χ0) is 9.40. The van der Waals surface area contributed by atoms with Gasteiger partial charge in [0.2, 0.25) is 0 Å². The second-order valence-corrected chi connectivity index (χ2v) is 2.53. The molecule has 0 unspecified atom stereocenters. The highest BCUT2D eigenvalue weighted by Gasteiger charge is 2.09. The molecule has 0 rings (SSSR count). The minimum atomic E-state index is -0.555. The van der Waals surface area contributed by atoms with Crippen molar-refractivity contribution < 1.29 is 14.3 Å². The Kier molecular flexibility index (Phi) is 6.02. The van der Waals surface area contributed by atoms with Crippen molar-refractivity contribution in [2.75, 3.05) is 7.11 Å². The first-order valence-corrected chi connectivity index (χ1v) is 4.08. The molecule has 68 valence electrons. The summed E-state index contributed by atoms with van der Waals surface area (Å²) in [5.41, 5.74) is 0.117. The third kappa shape index (κ3) is 3.94. The molecule has 0 amide bonds. The molecule has 0 fully saturated rings. The van der Waals surface area contributed by atoms with Crippen molar-refractivity contribution in [1.29, 1.82) is 0 Å². The van der Waals surface area contributed by atoms with Gasteiger partial charge in [-0.05, 0) is 12.8 Å². The van der Waals surface area contributed by atoms with E-state index in [0.29, 0.717) is 6.42 Å². The SMILES string of the molecule is CCCCCC(=C=O)C(=O)OC. The van der Waals surface area contributed by atoms with Crippen LogP contribution in [0, 0.1) is 0 Å². The molecule has 0 heterocycles. The van der Waals surface area contributed by atoms with E-state index in [4.69, 9.17) is 0 Å². The van der Waals surface area contributed by atoms with Crippen molar-refractivity contribution in [2.45, 2.75) is 32.6 Å². The first-order chi connectivity index (χ1) is 5.76. The largest absolute Gasteiger partial charge is 0.465 e. The molecule has 0 bridgehead atoms. The summed E-state index contributed by atoms with van der Waals surface area (Å²) >= 11 is 0. The summed E-state index contributed by atoms with van der Waals surface area (Å²) in [6.45, 7) is 2.06. The normalized spacial score (nSPS) is 8.83. The Hall–Kier alpha value is -1.08. The Morgan fingerprint density at radius 2 is 2.08 bits per heavy atom. The number of ether oxygens (including phenoxy) is 1. The van der Waals surface area contributed by atoms with Gasteiger partial charge in [0, 0.05) is 0 Å². The number of rotatable bonds is 5. The monoisotopic (exact) mass is 170 g/mol. The van der Waals surface area contributed by atoms with Crippen LogP contribution in [0.15, 0.2) is 5.57 Å². The summed E-state index contributed by atoms with van der Waals surface area (Å²) in [7, 11) is 1.26. The standard InChI is InChI=1S/C9H14O3/c1-3-4-5-6-8(7-10)9(11)12-2/h3-6H2,1-2H3. The molecule has 0 aliphatic rings. The van der Waals surface area contributed by atoms with Crippen LogP contribution in [-0.4, -0.2) is 19.0 Å². The summed E-state index contributed by atoms with van der Waals surface area (Å²) < 4.78 is 4.40. The second kappa shape index (κ2) is 6.62. The lowest BCUT2D eigenvalue weighted by Gasteiger charge is -1.99. The van der Waals surface area contributed by atoms with Gasteiger partial charge < -0.3 is 4.74 Å². The first kappa shape index (κ1) is 10.9. The van der Waals surface area contributed by atoms with Crippen LogP contribution in [-0.2, 0) is 14.3 Å². The third-order valence-electron chi connectivity index (χ3n) is 1.59. The van der Waals surface area contributed by atoms with E-state index >= 15 is 0 Å². The van der Waals surface area contributed by atoms with Crippen LogP contribution >= 0.6 is 0 Å². The van der Waals surface area contributed by atoms with Gasteiger partial charge in [-0.2, -0.15) is 0 Å². The molecule has 0 aliphatic heterocycles. The van der Waals surface area contributed by atoms with Crippen molar-refractivity contribution in [2.24, 2.45) is 0 Å². The van der Waals surface area contributed by atoms with E-state index in [2.05, 4.69) is 11.7 Å². The molecule has 0 aromatic rings. The number of esters is 1. The fourth-order valence-corrected chi connectivity index (χ4v) is 0.870. The zero-order valence-corrected chi connectivity index (χ0v) is 7.55. The van der Waals surface area contributed by atoms with Gasteiger partial charge in [0.15, 0.2) is 0 Å². The number of hydrogen-bond acceptors (Lipinski definition) is 3. The molecule has 0 aliphatic carbocycles. The smallest absolute Gasteiger partial charge is 0.344 e. The fraction of sp³-hybridized carbons (Fsp3) is 0.667. The molecule has 0 radical (unpaired) electrons. The Balaban J connectivity index is 3.86. The molecule has 3 heteroatoms. The maximum atomic E-state index is 10.8. The van der Waals surface area contributed by atoms with E-state index < -0.39 is 5.97 Å². The third-order valence-corrected chi connectivity index (χ3v) is 1.59. The van der Waals surface area contributed by atoms with Gasteiger partial charge in [0.05, 0.1) is 7.11 Å². The molecule has 12 heavy (non-hydrogen) atoms. The molecule has 0 N–H and O–H groups in total. The van der Waals surface area contributed by atoms with Gasteiger partial charge in [-0.1, -0.05) is 19.8 Å². The highest BCUT2D eigenvalue weighted by molar-refractivity contribution is 5.96. The van der Waals surface area contributed by atoms with E-state index in [0.717, 1.165) is 19.3 Å². The molecule has 3 nitrogen and oxygen atoms in total. The molecule has 0 spiro atoms. The van der Waals surface area contributed by atoms with Crippen molar-refractivity contribution in [3.63, 3.8) is 0 Å². The van der Waals surface area contributed by atoms with Crippen molar-refractivity contribution in [3.8, 4) is 0 Å². The highest BCUT2D eigenvalue weighted by atomic mass is 16.5. The van der Waals surface area contributed by atoms with Crippen LogP contribution in [0.25, 0.3) is 0 Å². The number of carbonyl (C=O) groups is 1. The Bertz CT molecular complexity index is 190. The van der Waals surface area contributed by atoms with E-state index in [9.17, 15) is 9.59 Å². The van der Waals surface area contributed by atoms with Crippen molar-refractivity contribution >= 4 is 11.9 Å². The molecule has 0 aromatic heterocycles. The second-order valence-electron chi connectivity index (χ2n) is 2.53. The van der Waals surface area contributed by atoms with E-state index in [1.54, 1.807) is 5.94 Å². The van der Waals surface area contributed by atoms with Crippen LogP contribution in [0.1, 0.15) is 32.6 Å². The Labute approximate surface area is 72.4 Å². The minimum Gasteiger partial charge on any atom is -0.465 e.